The van der Waals surface area contributed by atoms with Gasteiger partial charge in [0.05, 0.1) is 31.1 Å². The molecule has 0 saturated carbocycles. The van der Waals surface area contributed by atoms with Gasteiger partial charge in [0.25, 0.3) is 0 Å². The molecule has 6 heteroatoms. The van der Waals surface area contributed by atoms with Gasteiger partial charge >= 0.3 is 0 Å². The van der Waals surface area contributed by atoms with Crippen LogP contribution in [0.3, 0.4) is 0 Å². The number of piperazine rings is 1. The molecule has 0 spiro atoms. The van der Waals surface area contributed by atoms with Crippen molar-refractivity contribution in [2.45, 2.75) is 32.2 Å². The first-order chi connectivity index (χ1) is 12.8. The van der Waals surface area contributed by atoms with E-state index in [0.29, 0.717) is 18.7 Å². The number of sulfonamides is 1. The summed E-state index contributed by atoms with van der Waals surface area (Å²) in [5.74, 6) is -0.0670. The molecule has 0 atom stereocenters. The molecule has 2 aromatic carbocycles. The Morgan fingerprint density at radius 1 is 1.04 bits per heavy atom. The molecule has 1 aliphatic heterocycles. The van der Waals surface area contributed by atoms with E-state index < -0.39 is 10.0 Å². The normalized spacial score (nSPS) is 16.4. The van der Waals surface area contributed by atoms with Crippen LogP contribution in [0.4, 0.5) is 0 Å². The summed E-state index contributed by atoms with van der Waals surface area (Å²) >= 11 is 0. The van der Waals surface area contributed by atoms with E-state index in [4.69, 9.17) is 0 Å². The fourth-order valence-electron chi connectivity index (χ4n) is 3.49. The molecule has 27 heavy (non-hydrogen) atoms. The van der Waals surface area contributed by atoms with Crippen LogP contribution in [0.1, 0.15) is 34.0 Å². The van der Waals surface area contributed by atoms with Crippen LogP contribution < -0.4 is 4.90 Å². The first-order valence-electron chi connectivity index (χ1n) is 9.28. The Hall–Kier alpha value is -2.02. The predicted molar refractivity (Wildman–Crippen MR) is 106 cm³/mol. The largest absolute Gasteiger partial charge is 0.329 e. The Labute approximate surface area is 161 Å². The molecule has 0 amide bonds. The number of ketones is 1. The molecule has 1 fully saturated rings. The number of carbonyl (C=O) groups is 1. The maximum absolute atomic E-state index is 12.9. The molecular weight excluding hydrogens is 360 g/mol. The number of rotatable bonds is 5. The lowest BCUT2D eigenvalue weighted by Crippen LogP contribution is -3.13. The Kier molecular flexibility index (Phi) is 5.79. The van der Waals surface area contributed by atoms with E-state index in [9.17, 15) is 13.2 Å². The fraction of sp³-hybridized carbons (Fsp3) is 0.381. The molecule has 2 aromatic rings. The van der Waals surface area contributed by atoms with Gasteiger partial charge in [0.2, 0.25) is 10.0 Å². The summed E-state index contributed by atoms with van der Waals surface area (Å²) in [6.45, 7) is 9.22. The van der Waals surface area contributed by atoms with Crippen molar-refractivity contribution in [2.24, 2.45) is 0 Å². The van der Waals surface area contributed by atoms with Crippen molar-refractivity contribution in [3.63, 3.8) is 0 Å². The van der Waals surface area contributed by atoms with Crippen molar-refractivity contribution in [3.05, 3.63) is 64.7 Å². The van der Waals surface area contributed by atoms with E-state index in [1.165, 1.54) is 40.6 Å². The van der Waals surface area contributed by atoms with E-state index in [1.54, 1.807) is 16.4 Å². The zero-order valence-corrected chi connectivity index (χ0v) is 17.0. The third-order valence-corrected chi connectivity index (χ3v) is 7.19. The summed E-state index contributed by atoms with van der Waals surface area (Å²) < 4.78 is 27.3. The Morgan fingerprint density at radius 2 is 1.67 bits per heavy atom. The topological polar surface area (TPSA) is 58.9 Å². The van der Waals surface area contributed by atoms with Crippen molar-refractivity contribution in [1.82, 2.24) is 4.31 Å². The van der Waals surface area contributed by atoms with Crippen LogP contribution in [0.25, 0.3) is 0 Å². The summed E-state index contributed by atoms with van der Waals surface area (Å²) in [6, 6.07) is 12.7. The third kappa shape index (κ3) is 4.46. The molecule has 1 saturated heterocycles. The lowest BCUT2D eigenvalue weighted by atomic mass is 10.1. The monoisotopic (exact) mass is 387 g/mol. The molecule has 0 bridgehead atoms. The van der Waals surface area contributed by atoms with Crippen molar-refractivity contribution < 1.29 is 18.1 Å². The Morgan fingerprint density at radius 3 is 2.26 bits per heavy atom. The van der Waals surface area contributed by atoms with Crippen LogP contribution in [0.2, 0.25) is 0 Å². The van der Waals surface area contributed by atoms with Gasteiger partial charge in [0.15, 0.2) is 5.78 Å². The SMILES string of the molecule is CC(=O)c1ccc(S(=O)(=O)N2CC[NH+](Cc3cc(C)ccc3C)CC2)cc1. The van der Waals surface area contributed by atoms with Gasteiger partial charge in [0.1, 0.15) is 6.54 Å². The number of hydrogen-bond donors (Lipinski definition) is 1. The molecule has 1 N–H and O–H groups in total. The van der Waals surface area contributed by atoms with Gasteiger partial charge in [-0.05, 0) is 38.5 Å². The quantitative estimate of drug-likeness (QED) is 0.793. The molecule has 0 aliphatic carbocycles. The fourth-order valence-corrected chi connectivity index (χ4v) is 4.93. The molecule has 5 nitrogen and oxygen atoms in total. The number of nitrogens with one attached hydrogen (secondary N) is 1. The van der Waals surface area contributed by atoms with Crippen molar-refractivity contribution in [1.29, 1.82) is 0 Å². The molecule has 0 aromatic heterocycles. The van der Waals surface area contributed by atoms with Crippen molar-refractivity contribution >= 4 is 15.8 Å². The van der Waals surface area contributed by atoms with Gasteiger partial charge in [-0.25, -0.2) is 8.42 Å². The van der Waals surface area contributed by atoms with Gasteiger partial charge in [-0.1, -0.05) is 35.9 Å². The van der Waals surface area contributed by atoms with Gasteiger partial charge in [-0.15, -0.1) is 0 Å². The minimum atomic E-state index is -3.51. The number of nitrogens with zero attached hydrogens (tertiary/aromatic N) is 1. The maximum atomic E-state index is 12.9. The smallest absolute Gasteiger partial charge is 0.243 e. The van der Waals surface area contributed by atoms with Crippen molar-refractivity contribution in [2.75, 3.05) is 26.2 Å². The summed E-state index contributed by atoms with van der Waals surface area (Å²) in [5, 5.41) is 0. The van der Waals surface area contributed by atoms with Crippen LogP contribution in [0.5, 0.6) is 0 Å². The van der Waals surface area contributed by atoms with Gasteiger partial charge in [-0.3, -0.25) is 4.79 Å². The summed E-state index contributed by atoms with van der Waals surface area (Å²) in [6.07, 6.45) is 0. The molecule has 0 radical (unpaired) electrons. The van der Waals surface area contributed by atoms with Crippen LogP contribution in [-0.2, 0) is 16.6 Å². The molecular formula is C21H27N2O3S+. The Balaban J connectivity index is 1.65. The second-order valence-corrected chi connectivity index (χ2v) is 9.28. The zero-order valence-electron chi connectivity index (χ0n) is 16.2. The number of hydrogen-bond acceptors (Lipinski definition) is 3. The average Bonchev–Trinajstić information content (AvgIpc) is 2.65. The van der Waals surface area contributed by atoms with E-state index in [-0.39, 0.29) is 10.7 Å². The van der Waals surface area contributed by atoms with Crippen LogP contribution in [0.15, 0.2) is 47.4 Å². The molecule has 3 rings (SSSR count). The standard InChI is InChI=1S/C21H26N2O3S/c1-16-4-5-17(2)20(14-16)15-22-10-12-23(13-11-22)27(25,26)21-8-6-19(7-9-21)18(3)24/h4-9,14H,10-13,15H2,1-3H3/p+1. The van der Waals surface area contributed by atoms with Crippen LogP contribution in [-0.4, -0.2) is 44.7 Å². The zero-order chi connectivity index (χ0) is 19.6. The maximum Gasteiger partial charge on any atom is 0.243 e. The molecule has 144 valence electrons. The summed E-state index contributed by atoms with van der Waals surface area (Å²) in [5.41, 5.74) is 4.40. The minimum absolute atomic E-state index is 0.0670. The Bertz CT molecular complexity index is 928. The first kappa shape index (κ1) is 19.7. The van der Waals surface area contributed by atoms with Crippen molar-refractivity contribution in [3.8, 4) is 0 Å². The highest BCUT2D eigenvalue weighted by atomic mass is 32.2. The molecule has 0 unspecified atom stereocenters. The minimum Gasteiger partial charge on any atom is -0.329 e. The van der Waals surface area contributed by atoms with Crippen LogP contribution >= 0.6 is 0 Å². The number of quaternary nitrogens is 1. The van der Waals surface area contributed by atoms with Crippen LogP contribution in [0, 0.1) is 13.8 Å². The average molecular weight is 388 g/mol. The lowest BCUT2D eigenvalue weighted by Gasteiger charge is -2.32. The second-order valence-electron chi connectivity index (χ2n) is 7.34. The highest BCUT2D eigenvalue weighted by Crippen LogP contribution is 2.17. The number of aryl methyl sites for hydroxylation is 2. The predicted octanol–water partition coefficient (Wildman–Crippen LogP) is 1.60. The molecule has 1 aliphatic rings. The second kappa shape index (κ2) is 7.92. The van der Waals surface area contributed by atoms with E-state index in [1.807, 2.05) is 0 Å². The van der Waals surface area contributed by atoms with E-state index in [0.717, 1.165) is 19.6 Å². The summed E-state index contributed by atoms with van der Waals surface area (Å²) in [7, 11) is -3.51. The number of carbonyl (C=O) groups excluding carboxylic acids is 1. The molecule has 1 heterocycles. The first-order valence-corrected chi connectivity index (χ1v) is 10.7. The van der Waals surface area contributed by atoms with Gasteiger partial charge in [0, 0.05) is 11.1 Å². The highest BCUT2D eigenvalue weighted by Gasteiger charge is 2.30. The van der Waals surface area contributed by atoms with E-state index >= 15 is 0 Å². The number of Topliss-reactive ketones (excluding diaryl/α,β-unsaturated/α-hetero) is 1. The summed E-state index contributed by atoms with van der Waals surface area (Å²) in [4.78, 5) is 13.0. The van der Waals surface area contributed by atoms with E-state index in [2.05, 4.69) is 32.0 Å². The third-order valence-electron chi connectivity index (χ3n) is 5.27. The van der Waals surface area contributed by atoms with Gasteiger partial charge < -0.3 is 4.90 Å². The highest BCUT2D eigenvalue weighted by molar-refractivity contribution is 7.89. The number of benzene rings is 2. The van der Waals surface area contributed by atoms with Gasteiger partial charge in [-0.2, -0.15) is 4.31 Å². The lowest BCUT2D eigenvalue weighted by molar-refractivity contribution is -0.917.